The number of rotatable bonds is 4. The van der Waals surface area contributed by atoms with Gasteiger partial charge in [0, 0.05) is 38.0 Å². The van der Waals surface area contributed by atoms with Crippen LogP contribution in [-0.2, 0) is 0 Å². The zero-order chi connectivity index (χ0) is 36.6. The summed E-state index contributed by atoms with van der Waals surface area (Å²) in [5.74, 6) is 0. The lowest BCUT2D eigenvalue weighted by molar-refractivity contribution is 1.12. The van der Waals surface area contributed by atoms with Gasteiger partial charge in [-0.2, -0.15) is 10.5 Å². The average molecular weight is 700 g/mol. The minimum absolute atomic E-state index is 0.575. The SMILES string of the molecule is N#Cc1cc(-c2cccc(-n3c4ccccc4c4cccc(C#N)c43)c2)ccc1-n1c2ccccc2c2cccc(-n3c4ccccc4c4ccccc43)c21. The van der Waals surface area contributed by atoms with Crippen molar-refractivity contribution in [2.75, 3.05) is 0 Å². The van der Waals surface area contributed by atoms with Crippen LogP contribution in [-0.4, -0.2) is 13.7 Å². The molecule has 0 aliphatic heterocycles. The summed E-state index contributed by atoms with van der Waals surface area (Å²) >= 11 is 0. The summed E-state index contributed by atoms with van der Waals surface area (Å²) in [6, 6.07) is 65.8. The predicted octanol–water partition coefficient (Wildman–Crippen LogP) is 12.4. The van der Waals surface area contributed by atoms with E-state index in [2.05, 4.69) is 165 Å². The molecule has 254 valence electrons. The smallest absolute Gasteiger partial charge is 0.101 e. The van der Waals surface area contributed by atoms with Crippen LogP contribution in [0.2, 0.25) is 0 Å². The normalized spacial score (nSPS) is 11.6. The Hall–Kier alpha value is -7.86. The number of hydrogen-bond donors (Lipinski definition) is 0. The fourth-order valence-electron chi connectivity index (χ4n) is 8.81. The molecule has 3 heterocycles. The van der Waals surface area contributed by atoms with Gasteiger partial charge >= 0.3 is 0 Å². The van der Waals surface area contributed by atoms with E-state index in [1.54, 1.807) is 0 Å². The van der Waals surface area contributed by atoms with Gasteiger partial charge in [-0.1, -0.05) is 115 Å². The summed E-state index contributed by atoms with van der Waals surface area (Å²) in [6.45, 7) is 0. The summed E-state index contributed by atoms with van der Waals surface area (Å²) in [5, 5.41) is 27.8. The maximum atomic E-state index is 10.9. The zero-order valence-electron chi connectivity index (χ0n) is 29.5. The van der Waals surface area contributed by atoms with Crippen molar-refractivity contribution in [3.8, 4) is 40.3 Å². The molecule has 3 aromatic heterocycles. The van der Waals surface area contributed by atoms with E-state index in [0.29, 0.717) is 11.1 Å². The molecule has 0 N–H and O–H groups in total. The lowest BCUT2D eigenvalue weighted by Gasteiger charge is -2.16. The molecule has 8 aromatic carbocycles. The summed E-state index contributed by atoms with van der Waals surface area (Å²) in [5.41, 5.74) is 12.2. The lowest BCUT2D eigenvalue weighted by Crippen LogP contribution is -2.02. The van der Waals surface area contributed by atoms with Gasteiger partial charge < -0.3 is 13.7 Å². The molecule has 0 radical (unpaired) electrons. The summed E-state index contributed by atoms with van der Waals surface area (Å²) < 4.78 is 6.81. The number of aromatic nitrogens is 3. The number of para-hydroxylation sites is 6. The number of benzene rings is 8. The second-order valence-corrected chi connectivity index (χ2v) is 14.0. The fraction of sp³-hybridized carbons (Fsp3) is 0. The van der Waals surface area contributed by atoms with Crippen molar-refractivity contribution in [3.63, 3.8) is 0 Å². The zero-order valence-corrected chi connectivity index (χ0v) is 29.5. The van der Waals surface area contributed by atoms with Crippen molar-refractivity contribution in [1.29, 1.82) is 10.5 Å². The highest BCUT2D eigenvalue weighted by atomic mass is 15.1. The number of fused-ring (bicyclic) bond motifs is 9. The van der Waals surface area contributed by atoms with E-state index >= 15 is 0 Å². The molecule has 5 nitrogen and oxygen atoms in total. The van der Waals surface area contributed by atoms with Crippen molar-refractivity contribution in [2.24, 2.45) is 0 Å². The van der Waals surface area contributed by atoms with Crippen LogP contribution in [0.3, 0.4) is 0 Å². The van der Waals surface area contributed by atoms with Gasteiger partial charge in [0.05, 0.1) is 55.6 Å². The minimum atomic E-state index is 0.575. The Morgan fingerprint density at radius 2 is 0.818 bits per heavy atom. The van der Waals surface area contributed by atoms with Gasteiger partial charge in [0.25, 0.3) is 0 Å². The fourth-order valence-corrected chi connectivity index (χ4v) is 8.81. The molecule has 0 fully saturated rings. The molecule has 0 saturated carbocycles. The van der Waals surface area contributed by atoms with Crippen LogP contribution in [0.4, 0.5) is 0 Å². The minimum Gasteiger partial charge on any atom is -0.308 e. The van der Waals surface area contributed by atoms with E-state index in [9.17, 15) is 10.5 Å². The molecule has 0 spiro atoms. The third kappa shape index (κ3) is 4.39. The Labute approximate surface area is 316 Å². The highest BCUT2D eigenvalue weighted by Gasteiger charge is 2.22. The molecule has 55 heavy (non-hydrogen) atoms. The Bertz CT molecular complexity index is 3420. The highest BCUT2D eigenvalue weighted by Crippen LogP contribution is 2.41. The monoisotopic (exact) mass is 699 g/mol. The summed E-state index contributed by atoms with van der Waals surface area (Å²) in [7, 11) is 0. The quantitative estimate of drug-likeness (QED) is 0.184. The predicted molar refractivity (Wildman–Crippen MR) is 224 cm³/mol. The van der Waals surface area contributed by atoms with Gasteiger partial charge in [-0.25, -0.2) is 0 Å². The number of nitriles is 2. The van der Waals surface area contributed by atoms with Gasteiger partial charge in [0.1, 0.15) is 12.1 Å². The maximum absolute atomic E-state index is 10.9. The number of nitrogens with zero attached hydrogens (tertiary/aromatic N) is 5. The lowest BCUT2D eigenvalue weighted by atomic mass is 10.0. The first-order chi connectivity index (χ1) is 27.2. The highest BCUT2D eigenvalue weighted by molar-refractivity contribution is 6.15. The van der Waals surface area contributed by atoms with Crippen LogP contribution in [0.1, 0.15) is 11.1 Å². The average Bonchev–Trinajstić information content (AvgIpc) is 3.89. The van der Waals surface area contributed by atoms with Crippen LogP contribution < -0.4 is 0 Å². The molecule has 11 aromatic rings. The standard InChI is InChI=1S/C50H29N5/c51-30-34-13-10-19-41-39-17-3-5-21-44(39)53(49(34)41)36-14-9-12-32(29-36)33-26-27-43(35(28-33)31-52)55-47-24-8-4-18-40(47)42-20-11-25-48(50(42)55)54-45-22-6-1-15-37(45)38-16-2-7-23-46(38)54/h1-29H. The molecule has 0 bridgehead atoms. The topological polar surface area (TPSA) is 62.4 Å². The molecule has 0 aliphatic rings. The second kappa shape index (κ2) is 11.8. The Kier molecular flexibility index (Phi) is 6.61. The first kappa shape index (κ1) is 30.7. The molecule has 5 heteroatoms. The molecule has 0 saturated heterocycles. The molecular formula is C50H29N5. The molecule has 0 amide bonds. The molecule has 0 aliphatic carbocycles. The summed E-state index contributed by atoms with van der Waals surface area (Å²) in [6.07, 6.45) is 0. The van der Waals surface area contributed by atoms with Crippen LogP contribution in [0.5, 0.6) is 0 Å². The molecule has 11 rings (SSSR count). The molecule has 0 atom stereocenters. The van der Waals surface area contributed by atoms with E-state index in [0.717, 1.165) is 82.8 Å². The van der Waals surface area contributed by atoms with Crippen LogP contribution in [0.25, 0.3) is 93.6 Å². The van der Waals surface area contributed by atoms with E-state index in [1.165, 1.54) is 10.8 Å². The van der Waals surface area contributed by atoms with Crippen LogP contribution in [0.15, 0.2) is 176 Å². The van der Waals surface area contributed by atoms with Crippen molar-refractivity contribution < 1.29 is 0 Å². The van der Waals surface area contributed by atoms with E-state index in [-0.39, 0.29) is 0 Å². The number of hydrogen-bond acceptors (Lipinski definition) is 2. The third-order valence-corrected chi connectivity index (χ3v) is 11.1. The van der Waals surface area contributed by atoms with Gasteiger partial charge in [0.2, 0.25) is 0 Å². The third-order valence-electron chi connectivity index (χ3n) is 11.1. The largest absolute Gasteiger partial charge is 0.308 e. The van der Waals surface area contributed by atoms with E-state index in [1.807, 2.05) is 36.4 Å². The molecule has 0 unspecified atom stereocenters. The first-order valence-electron chi connectivity index (χ1n) is 18.3. The van der Waals surface area contributed by atoms with Crippen LogP contribution >= 0.6 is 0 Å². The molecular weight excluding hydrogens is 671 g/mol. The Morgan fingerprint density at radius 3 is 1.45 bits per heavy atom. The van der Waals surface area contributed by atoms with Crippen molar-refractivity contribution in [3.05, 3.63) is 187 Å². The van der Waals surface area contributed by atoms with E-state index in [4.69, 9.17) is 0 Å². The van der Waals surface area contributed by atoms with Crippen molar-refractivity contribution in [2.45, 2.75) is 0 Å². The van der Waals surface area contributed by atoms with Crippen molar-refractivity contribution >= 4 is 65.4 Å². The van der Waals surface area contributed by atoms with Gasteiger partial charge in [-0.3, -0.25) is 0 Å². The maximum Gasteiger partial charge on any atom is 0.101 e. The second-order valence-electron chi connectivity index (χ2n) is 14.0. The van der Waals surface area contributed by atoms with Gasteiger partial charge in [-0.05, 0) is 71.8 Å². The van der Waals surface area contributed by atoms with Crippen LogP contribution in [0, 0.1) is 22.7 Å². The van der Waals surface area contributed by atoms with Crippen molar-refractivity contribution in [1.82, 2.24) is 13.7 Å². The Balaban J connectivity index is 1.13. The Morgan fingerprint density at radius 1 is 0.327 bits per heavy atom. The summed E-state index contributed by atoms with van der Waals surface area (Å²) in [4.78, 5) is 0. The first-order valence-corrected chi connectivity index (χ1v) is 18.3. The van der Waals surface area contributed by atoms with Gasteiger partial charge in [0.15, 0.2) is 0 Å². The van der Waals surface area contributed by atoms with Gasteiger partial charge in [-0.15, -0.1) is 0 Å². The van der Waals surface area contributed by atoms with E-state index < -0.39 is 0 Å².